The number of ether oxygens (including phenoxy) is 1. The fraction of sp³-hybridized carbons (Fsp3) is 0.929. The van der Waals surface area contributed by atoms with E-state index >= 15 is 0 Å². The lowest BCUT2D eigenvalue weighted by atomic mass is 9.89. The van der Waals surface area contributed by atoms with Crippen molar-refractivity contribution in [3.8, 4) is 0 Å². The molecular formula is C14H28N2O2. The molecule has 1 fully saturated rings. The number of methoxy groups -OCH3 is 1. The minimum atomic E-state index is -0.481. The second-order valence-corrected chi connectivity index (χ2v) is 5.57. The Morgan fingerprint density at radius 3 is 2.67 bits per heavy atom. The van der Waals surface area contributed by atoms with Gasteiger partial charge in [-0.2, -0.15) is 0 Å². The highest BCUT2D eigenvalue weighted by atomic mass is 16.5. The van der Waals surface area contributed by atoms with Gasteiger partial charge in [-0.15, -0.1) is 0 Å². The SMILES string of the molecule is CCCN1CCCC(NC(C)C)(C(=O)OC)CC1. The maximum Gasteiger partial charge on any atom is 0.326 e. The van der Waals surface area contributed by atoms with E-state index < -0.39 is 5.54 Å². The van der Waals surface area contributed by atoms with E-state index in [0.29, 0.717) is 6.04 Å². The first-order chi connectivity index (χ1) is 8.54. The van der Waals surface area contributed by atoms with Crippen LogP contribution in [0.3, 0.4) is 0 Å². The quantitative estimate of drug-likeness (QED) is 0.762. The van der Waals surface area contributed by atoms with E-state index in [1.54, 1.807) is 0 Å². The molecule has 1 heterocycles. The third-order valence-electron chi connectivity index (χ3n) is 3.61. The summed E-state index contributed by atoms with van der Waals surface area (Å²) in [6.45, 7) is 9.55. The van der Waals surface area contributed by atoms with Crippen molar-refractivity contribution in [2.24, 2.45) is 0 Å². The Bertz CT molecular complexity index is 269. The first kappa shape index (κ1) is 15.4. The lowest BCUT2D eigenvalue weighted by Gasteiger charge is -2.33. The molecule has 0 bridgehead atoms. The van der Waals surface area contributed by atoms with Gasteiger partial charge in [0.15, 0.2) is 0 Å². The first-order valence-corrected chi connectivity index (χ1v) is 7.12. The van der Waals surface area contributed by atoms with Crippen LogP contribution in [0.4, 0.5) is 0 Å². The van der Waals surface area contributed by atoms with Crippen LogP contribution in [0.25, 0.3) is 0 Å². The van der Waals surface area contributed by atoms with Gasteiger partial charge >= 0.3 is 5.97 Å². The number of hydrogen-bond donors (Lipinski definition) is 1. The number of likely N-dealkylation sites (tertiary alicyclic amines) is 1. The van der Waals surface area contributed by atoms with Crippen LogP contribution in [0.15, 0.2) is 0 Å². The monoisotopic (exact) mass is 256 g/mol. The third kappa shape index (κ3) is 3.95. The fourth-order valence-corrected chi connectivity index (χ4v) is 2.89. The van der Waals surface area contributed by atoms with Crippen LogP contribution in [0.5, 0.6) is 0 Å². The summed E-state index contributed by atoms with van der Waals surface area (Å²) in [5.41, 5.74) is -0.481. The highest BCUT2D eigenvalue weighted by Crippen LogP contribution is 2.25. The summed E-state index contributed by atoms with van der Waals surface area (Å²) in [7, 11) is 1.49. The highest BCUT2D eigenvalue weighted by Gasteiger charge is 2.40. The smallest absolute Gasteiger partial charge is 0.326 e. The van der Waals surface area contributed by atoms with Crippen molar-refractivity contribution in [3.63, 3.8) is 0 Å². The standard InChI is InChI=1S/C14H28N2O2/c1-5-9-16-10-6-7-14(8-11-16,13(17)18-4)15-12(2)3/h12,15H,5-11H2,1-4H3. The summed E-state index contributed by atoms with van der Waals surface area (Å²) in [5.74, 6) is -0.102. The van der Waals surface area contributed by atoms with Gasteiger partial charge in [-0.05, 0) is 52.6 Å². The molecule has 1 rings (SSSR count). The zero-order valence-electron chi connectivity index (χ0n) is 12.3. The Morgan fingerprint density at radius 1 is 1.39 bits per heavy atom. The zero-order chi connectivity index (χ0) is 13.6. The van der Waals surface area contributed by atoms with E-state index in [9.17, 15) is 4.79 Å². The molecule has 1 N–H and O–H groups in total. The molecule has 1 atom stereocenters. The number of hydrogen-bond acceptors (Lipinski definition) is 4. The molecule has 0 aliphatic carbocycles. The van der Waals surface area contributed by atoms with Gasteiger partial charge in [0.25, 0.3) is 0 Å². The van der Waals surface area contributed by atoms with Crippen molar-refractivity contribution >= 4 is 5.97 Å². The van der Waals surface area contributed by atoms with Crippen molar-refractivity contribution in [2.75, 3.05) is 26.7 Å². The van der Waals surface area contributed by atoms with E-state index in [4.69, 9.17) is 4.74 Å². The van der Waals surface area contributed by atoms with E-state index in [1.807, 2.05) is 0 Å². The van der Waals surface area contributed by atoms with Gasteiger partial charge in [0, 0.05) is 12.6 Å². The normalized spacial score (nSPS) is 26.1. The molecule has 106 valence electrons. The molecular weight excluding hydrogens is 228 g/mol. The topological polar surface area (TPSA) is 41.6 Å². The average molecular weight is 256 g/mol. The minimum Gasteiger partial charge on any atom is -0.468 e. The molecule has 0 radical (unpaired) electrons. The molecule has 0 aromatic heterocycles. The number of carbonyl (C=O) groups excluding carboxylic acids is 1. The van der Waals surface area contributed by atoms with Gasteiger partial charge in [-0.25, -0.2) is 0 Å². The zero-order valence-corrected chi connectivity index (χ0v) is 12.3. The molecule has 0 saturated carbocycles. The Balaban J connectivity index is 2.75. The number of nitrogens with one attached hydrogen (secondary N) is 1. The minimum absolute atomic E-state index is 0.102. The Hall–Kier alpha value is -0.610. The molecule has 1 unspecified atom stereocenters. The van der Waals surface area contributed by atoms with Crippen LogP contribution < -0.4 is 5.32 Å². The van der Waals surface area contributed by atoms with Gasteiger partial charge in [-0.1, -0.05) is 6.92 Å². The summed E-state index contributed by atoms with van der Waals surface area (Å²) in [4.78, 5) is 14.6. The first-order valence-electron chi connectivity index (χ1n) is 7.12. The van der Waals surface area contributed by atoms with E-state index in [-0.39, 0.29) is 5.97 Å². The van der Waals surface area contributed by atoms with Crippen molar-refractivity contribution in [1.29, 1.82) is 0 Å². The van der Waals surface area contributed by atoms with Crippen LogP contribution >= 0.6 is 0 Å². The van der Waals surface area contributed by atoms with Gasteiger partial charge < -0.3 is 9.64 Å². The van der Waals surface area contributed by atoms with E-state index in [2.05, 4.69) is 31.0 Å². The summed E-state index contributed by atoms with van der Waals surface area (Å²) in [5, 5.41) is 3.45. The lowest BCUT2D eigenvalue weighted by molar-refractivity contribution is -0.149. The predicted molar refractivity (Wildman–Crippen MR) is 73.6 cm³/mol. The molecule has 1 aliphatic heterocycles. The maximum atomic E-state index is 12.1. The molecule has 1 saturated heterocycles. The highest BCUT2D eigenvalue weighted by molar-refractivity contribution is 5.80. The van der Waals surface area contributed by atoms with Crippen LogP contribution in [0.1, 0.15) is 46.5 Å². The number of nitrogens with zero attached hydrogens (tertiary/aromatic N) is 1. The molecule has 18 heavy (non-hydrogen) atoms. The Labute approximate surface area is 111 Å². The second kappa shape index (κ2) is 7.10. The predicted octanol–water partition coefficient (Wildman–Crippen LogP) is 1.79. The molecule has 1 aliphatic rings. The second-order valence-electron chi connectivity index (χ2n) is 5.57. The van der Waals surface area contributed by atoms with Crippen LogP contribution in [-0.2, 0) is 9.53 Å². The van der Waals surface area contributed by atoms with Crippen LogP contribution in [0.2, 0.25) is 0 Å². The van der Waals surface area contributed by atoms with Crippen LogP contribution in [-0.4, -0.2) is 49.2 Å². The van der Waals surface area contributed by atoms with Gasteiger partial charge in [0.05, 0.1) is 7.11 Å². The average Bonchev–Trinajstić information content (AvgIpc) is 2.52. The largest absolute Gasteiger partial charge is 0.468 e. The summed E-state index contributed by atoms with van der Waals surface area (Å²) >= 11 is 0. The third-order valence-corrected chi connectivity index (χ3v) is 3.61. The van der Waals surface area contributed by atoms with Gasteiger partial charge in [0.1, 0.15) is 5.54 Å². The molecule has 0 amide bonds. The van der Waals surface area contributed by atoms with Crippen molar-refractivity contribution < 1.29 is 9.53 Å². The maximum absolute atomic E-state index is 12.1. The summed E-state index contributed by atoms with van der Waals surface area (Å²) in [6.07, 6.45) is 3.94. The summed E-state index contributed by atoms with van der Waals surface area (Å²) < 4.78 is 5.02. The lowest BCUT2D eigenvalue weighted by Crippen LogP contribution is -2.55. The van der Waals surface area contributed by atoms with Crippen molar-refractivity contribution in [1.82, 2.24) is 10.2 Å². The number of rotatable bonds is 5. The van der Waals surface area contributed by atoms with Gasteiger partial charge in [-0.3, -0.25) is 10.1 Å². The molecule has 0 spiro atoms. The fourth-order valence-electron chi connectivity index (χ4n) is 2.89. The van der Waals surface area contributed by atoms with Crippen LogP contribution in [0, 0.1) is 0 Å². The summed E-state index contributed by atoms with van der Waals surface area (Å²) in [6, 6.07) is 0.293. The number of esters is 1. The molecule has 4 nitrogen and oxygen atoms in total. The van der Waals surface area contributed by atoms with Crippen molar-refractivity contribution in [2.45, 2.75) is 58.0 Å². The molecule has 0 aromatic rings. The Morgan fingerprint density at radius 2 is 2.11 bits per heavy atom. The van der Waals surface area contributed by atoms with Crippen molar-refractivity contribution in [3.05, 3.63) is 0 Å². The number of carbonyl (C=O) groups is 1. The van der Waals surface area contributed by atoms with E-state index in [1.165, 1.54) is 13.5 Å². The Kier molecular flexibility index (Phi) is 6.09. The molecule has 0 aromatic carbocycles. The van der Waals surface area contributed by atoms with Gasteiger partial charge in [0.2, 0.25) is 0 Å². The van der Waals surface area contributed by atoms with E-state index in [0.717, 1.165) is 38.9 Å². The molecule has 4 heteroatoms.